The predicted molar refractivity (Wildman–Crippen MR) is 122 cm³/mol. The molecule has 0 aliphatic heterocycles. The second kappa shape index (κ2) is 10.5. The summed E-state index contributed by atoms with van der Waals surface area (Å²) in [5, 5.41) is 19.9. The molecule has 0 saturated carbocycles. The highest BCUT2D eigenvalue weighted by Gasteiger charge is 2.58. The summed E-state index contributed by atoms with van der Waals surface area (Å²) in [5.74, 6) is -6.53. The van der Waals surface area contributed by atoms with Gasteiger partial charge in [-0.05, 0) is 60.7 Å². The van der Waals surface area contributed by atoms with E-state index in [2.05, 4.69) is 4.98 Å². The van der Waals surface area contributed by atoms with E-state index in [0.717, 1.165) is 18.3 Å². The number of pyridine rings is 1. The van der Waals surface area contributed by atoms with Crippen LogP contribution >= 0.6 is 12.2 Å². The number of carbonyl (C=O) groups excluding carboxylic acids is 1. The number of nitrogens with one attached hydrogen (secondary N) is 1. The molecule has 4 N–H and O–H groups in total. The summed E-state index contributed by atoms with van der Waals surface area (Å²) in [6, 6.07) is 11.5. The minimum Gasteiger partial charge on any atom is -0.456 e. The maximum atomic E-state index is 15.8. The van der Waals surface area contributed by atoms with Crippen molar-refractivity contribution in [1.29, 1.82) is 5.26 Å². The van der Waals surface area contributed by atoms with Crippen LogP contribution in [0.15, 0.2) is 60.8 Å². The fourth-order valence-electron chi connectivity index (χ4n) is 3.23. The number of aliphatic hydroxyl groups is 1. The molecule has 1 amide bonds. The molecule has 186 valence electrons. The van der Waals surface area contributed by atoms with Gasteiger partial charge in [0.15, 0.2) is 10.7 Å². The van der Waals surface area contributed by atoms with Crippen LogP contribution in [0.4, 0.5) is 17.6 Å². The van der Waals surface area contributed by atoms with Gasteiger partial charge in [-0.25, -0.2) is 8.78 Å². The van der Waals surface area contributed by atoms with Crippen molar-refractivity contribution in [3.63, 3.8) is 0 Å². The lowest BCUT2D eigenvalue weighted by Gasteiger charge is -2.39. The molecule has 3 rings (SSSR count). The highest BCUT2D eigenvalue weighted by atomic mass is 32.1. The van der Waals surface area contributed by atoms with Crippen molar-refractivity contribution in [3.8, 4) is 17.6 Å². The quantitative estimate of drug-likeness (QED) is 0.170. The van der Waals surface area contributed by atoms with Crippen LogP contribution in [0.3, 0.4) is 0 Å². The molecule has 3 aromatic rings. The van der Waals surface area contributed by atoms with Crippen LogP contribution in [-0.2, 0) is 16.3 Å². The SMILES string of the molecule is N#Cc1ccc(Oc2ccc(C(F)(F)C(O)(CN(NC=O)C(N)=S)c3ccc(F)cc3F)nc2)cc1. The van der Waals surface area contributed by atoms with Crippen LogP contribution < -0.4 is 15.9 Å². The van der Waals surface area contributed by atoms with Gasteiger partial charge < -0.3 is 15.6 Å². The average molecular weight is 519 g/mol. The Labute approximate surface area is 207 Å². The number of halogens is 4. The van der Waals surface area contributed by atoms with Crippen LogP contribution in [0, 0.1) is 23.0 Å². The van der Waals surface area contributed by atoms with Crippen molar-refractivity contribution < 1.29 is 32.2 Å². The smallest absolute Gasteiger partial charge is 0.323 e. The molecule has 1 aromatic heterocycles. The van der Waals surface area contributed by atoms with Gasteiger partial charge in [0.25, 0.3) is 0 Å². The molecule has 0 bridgehead atoms. The summed E-state index contributed by atoms with van der Waals surface area (Å²) in [6.45, 7) is -1.22. The fourth-order valence-corrected chi connectivity index (χ4v) is 3.35. The maximum absolute atomic E-state index is 15.8. The molecule has 2 aromatic carbocycles. The zero-order chi connectivity index (χ0) is 26.5. The summed E-state index contributed by atoms with van der Waals surface area (Å²) in [4.78, 5) is 14.6. The number of hydrogen-bond donors (Lipinski definition) is 3. The van der Waals surface area contributed by atoms with Gasteiger partial charge in [-0.2, -0.15) is 14.0 Å². The van der Waals surface area contributed by atoms with E-state index in [1.54, 1.807) is 0 Å². The Kier molecular flexibility index (Phi) is 7.71. The second-order valence-corrected chi connectivity index (χ2v) is 7.77. The normalized spacial score (nSPS) is 12.7. The second-order valence-electron chi connectivity index (χ2n) is 7.35. The number of ether oxygens (including phenoxy) is 1. The molecule has 0 saturated heterocycles. The summed E-state index contributed by atoms with van der Waals surface area (Å²) in [5.41, 5.74) is 2.33. The Morgan fingerprint density at radius 2 is 1.86 bits per heavy atom. The van der Waals surface area contributed by atoms with Gasteiger partial charge in [-0.15, -0.1) is 0 Å². The first kappa shape index (κ1) is 26.3. The van der Waals surface area contributed by atoms with Crippen LogP contribution in [-0.4, -0.2) is 33.2 Å². The lowest BCUT2D eigenvalue weighted by Crippen LogP contribution is -2.58. The van der Waals surface area contributed by atoms with E-state index in [9.17, 15) is 18.7 Å². The number of nitrogens with zero attached hydrogens (tertiary/aromatic N) is 3. The van der Waals surface area contributed by atoms with Crippen molar-refractivity contribution in [2.75, 3.05) is 6.54 Å². The maximum Gasteiger partial charge on any atom is 0.323 e. The van der Waals surface area contributed by atoms with E-state index < -0.39 is 46.1 Å². The first-order valence-electron chi connectivity index (χ1n) is 9.99. The number of hydrazine groups is 1. The lowest BCUT2D eigenvalue weighted by molar-refractivity contribution is -0.206. The van der Waals surface area contributed by atoms with Crippen LogP contribution in [0.2, 0.25) is 0 Å². The molecule has 13 heteroatoms. The minimum absolute atomic E-state index is 0.0446. The third-order valence-corrected chi connectivity index (χ3v) is 5.26. The third-order valence-electron chi connectivity index (χ3n) is 5.03. The lowest BCUT2D eigenvalue weighted by atomic mass is 9.84. The highest BCUT2D eigenvalue weighted by molar-refractivity contribution is 7.80. The van der Waals surface area contributed by atoms with Crippen molar-refractivity contribution >= 4 is 23.7 Å². The number of rotatable bonds is 9. The number of amides is 1. The Hall–Kier alpha value is -4.28. The zero-order valence-corrected chi connectivity index (χ0v) is 19.0. The van der Waals surface area contributed by atoms with E-state index in [4.69, 9.17) is 28.0 Å². The highest BCUT2D eigenvalue weighted by Crippen LogP contribution is 2.46. The molecule has 0 fully saturated rings. The van der Waals surface area contributed by atoms with Crippen molar-refractivity contribution in [2.45, 2.75) is 11.5 Å². The number of thiocarbonyl (C=S) groups is 1. The number of hydrogen-bond acceptors (Lipinski definition) is 6. The van der Waals surface area contributed by atoms with E-state index in [1.807, 2.05) is 11.5 Å². The van der Waals surface area contributed by atoms with Gasteiger partial charge in [0.2, 0.25) is 6.41 Å². The number of nitriles is 1. The minimum atomic E-state index is -4.33. The van der Waals surface area contributed by atoms with E-state index in [0.29, 0.717) is 34.5 Å². The summed E-state index contributed by atoms with van der Waals surface area (Å²) < 4.78 is 65.2. The molecule has 0 aliphatic carbocycles. The first-order valence-corrected chi connectivity index (χ1v) is 10.4. The van der Waals surface area contributed by atoms with Gasteiger partial charge in [0.1, 0.15) is 28.8 Å². The fraction of sp³-hybridized carbons (Fsp3) is 0.130. The number of alkyl halides is 2. The summed E-state index contributed by atoms with van der Waals surface area (Å²) >= 11 is 4.71. The molecule has 36 heavy (non-hydrogen) atoms. The largest absolute Gasteiger partial charge is 0.456 e. The first-order chi connectivity index (χ1) is 17.0. The van der Waals surface area contributed by atoms with E-state index >= 15 is 8.78 Å². The molecule has 1 heterocycles. The average Bonchev–Trinajstić information content (AvgIpc) is 2.84. The number of benzene rings is 2. The Bertz CT molecular complexity index is 1300. The van der Waals surface area contributed by atoms with Gasteiger partial charge >= 0.3 is 5.92 Å². The number of nitrogens with two attached hydrogens (primary N) is 1. The molecule has 1 unspecified atom stereocenters. The Morgan fingerprint density at radius 3 is 2.39 bits per heavy atom. The van der Waals surface area contributed by atoms with Gasteiger partial charge in [0, 0.05) is 11.6 Å². The van der Waals surface area contributed by atoms with Crippen LogP contribution in [0.1, 0.15) is 16.8 Å². The van der Waals surface area contributed by atoms with Crippen molar-refractivity contribution in [1.82, 2.24) is 15.4 Å². The zero-order valence-electron chi connectivity index (χ0n) is 18.2. The Morgan fingerprint density at radius 1 is 1.19 bits per heavy atom. The van der Waals surface area contributed by atoms with Crippen LogP contribution in [0.5, 0.6) is 11.5 Å². The number of aromatic nitrogens is 1. The molecule has 8 nitrogen and oxygen atoms in total. The summed E-state index contributed by atoms with van der Waals surface area (Å²) in [7, 11) is 0. The van der Waals surface area contributed by atoms with E-state index in [1.165, 1.54) is 24.3 Å². The van der Waals surface area contributed by atoms with Crippen LogP contribution in [0.25, 0.3) is 0 Å². The van der Waals surface area contributed by atoms with Gasteiger partial charge in [0.05, 0.1) is 24.4 Å². The van der Waals surface area contributed by atoms with Crippen molar-refractivity contribution in [2.24, 2.45) is 5.73 Å². The van der Waals surface area contributed by atoms with Gasteiger partial charge in [-0.1, -0.05) is 0 Å². The molecule has 0 radical (unpaired) electrons. The summed E-state index contributed by atoms with van der Waals surface area (Å²) in [6.07, 6.45) is 1.00. The molecular formula is C23H17F4N5O3S. The number of carbonyl (C=O) groups is 1. The molecule has 0 spiro atoms. The topological polar surface area (TPSA) is 124 Å². The molecular weight excluding hydrogens is 502 g/mol. The predicted octanol–water partition coefficient (Wildman–Crippen LogP) is 3.21. The monoisotopic (exact) mass is 519 g/mol. The van der Waals surface area contributed by atoms with Crippen molar-refractivity contribution in [3.05, 3.63) is 89.2 Å². The van der Waals surface area contributed by atoms with E-state index in [-0.39, 0.29) is 12.2 Å². The standard InChI is InChI=1S/C23H17F4N5O3S/c24-15-3-7-18(19(25)9-15)22(34,12-32(21(29)36)31-13-33)23(26,27)20-8-6-17(11-30-20)35-16-4-1-14(10-28)2-5-16/h1-9,11,13,34H,12H2,(H2,29,36)(H,31,33). The van der Waals surface area contributed by atoms with Gasteiger partial charge in [-0.3, -0.25) is 20.2 Å². The Balaban J connectivity index is 2.01. The molecule has 0 aliphatic rings. The molecule has 1 atom stereocenters. The third kappa shape index (κ3) is 5.35.